The van der Waals surface area contributed by atoms with Crippen LogP contribution in [-0.2, 0) is 6.54 Å². The Labute approximate surface area is 153 Å². The zero-order chi connectivity index (χ0) is 18.4. The first kappa shape index (κ1) is 17.5. The van der Waals surface area contributed by atoms with E-state index >= 15 is 0 Å². The van der Waals surface area contributed by atoms with Gasteiger partial charge in [-0.15, -0.1) is 0 Å². The first-order valence-corrected chi connectivity index (χ1v) is 8.34. The lowest BCUT2D eigenvalue weighted by molar-refractivity contribution is 0.0950. The summed E-state index contributed by atoms with van der Waals surface area (Å²) in [6, 6.07) is 17.4. The van der Waals surface area contributed by atoms with Crippen molar-refractivity contribution in [1.82, 2.24) is 10.3 Å². The SMILES string of the molecule is COc1ccc(CNC(=O)c2cncc(Nc3cccc(C)c3)c2)cc1. The number of benzene rings is 2. The summed E-state index contributed by atoms with van der Waals surface area (Å²) in [5.41, 5.74) is 4.41. The number of aryl methyl sites for hydroxylation is 1. The molecular formula is C21H21N3O2. The number of carbonyl (C=O) groups excluding carboxylic acids is 1. The number of methoxy groups -OCH3 is 1. The number of ether oxygens (including phenoxy) is 1. The lowest BCUT2D eigenvalue weighted by Gasteiger charge is -2.09. The highest BCUT2D eigenvalue weighted by Crippen LogP contribution is 2.18. The molecule has 0 radical (unpaired) electrons. The highest BCUT2D eigenvalue weighted by atomic mass is 16.5. The van der Waals surface area contributed by atoms with E-state index in [1.165, 1.54) is 0 Å². The third kappa shape index (κ3) is 4.60. The summed E-state index contributed by atoms with van der Waals surface area (Å²) in [5, 5.41) is 6.18. The van der Waals surface area contributed by atoms with Crippen molar-refractivity contribution in [2.45, 2.75) is 13.5 Å². The summed E-state index contributed by atoms with van der Waals surface area (Å²) in [7, 11) is 1.63. The zero-order valence-corrected chi connectivity index (χ0v) is 14.8. The number of nitrogens with one attached hydrogen (secondary N) is 2. The molecule has 2 N–H and O–H groups in total. The van der Waals surface area contributed by atoms with Crippen LogP contribution >= 0.6 is 0 Å². The fourth-order valence-electron chi connectivity index (χ4n) is 2.55. The number of anilines is 2. The van der Waals surface area contributed by atoms with Gasteiger partial charge in [-0.25, -0.2) is 0 Å². The number of hydrogen-bond donors (Lipinski definition) is 2. The second-order valence-electron chi connectivity index (χ2n) is 5.99. The summed E-state index contributed by atoms with van der Waals surface area (Å²) >= 11 is 0. The molecule has 3 aromatic rings. The van der Waals surface area contributed by atoms with Crippen molar-refractivity contribution in [3.63, 3.8) is 0 Å². The molecule has 0 saturated heterocycles. The highest BCUT2D eigenvalue weighted by Gasteiger charge is 2.07. The molecule has 26 heavy (non-hydrogen) atoms. The smallest absolute Gasteiger partial charge is 0.253 e. The highest BCUT2D eigenvalue weighted by molar-refractivity contribution is 5.94. The van der Waals surface area contributed by atoms with Crippen molar-refractivity contribution in [2.24, 2.45) is 0 Å². The Bertz CT molecular complexity index is 892. The number of rotatable bonds is 6. The summed E-state index contributed by atoms with van der Waals surface area (Å²) in [6.07, 6.45) is 3.26. The Balaban J connectivity index is 1.63. The van der Waals surface area contributed by atoms with Crippen LogP contribution in [0.4, 0.5) is 11.4 Å². The molecule has 1 amide bonds. The van der Waals surface area contributed by atoms with Crippen molar-refractivity contribution < 1.29 is 9.53 Å². The van der Waals surface area contributed by atoms with Crippen molar-refractivity contribution in [3.05, 3.63) is 83.7 Å². The van der Waals surface area contributed by atoms with Crippen molar-refractivity contribution in [2.75, 3.05) is 12.4 Å². The van der Waals surface area contributed by atoms with E-state index in [2.05, 4.69) is 15.6 Å². The van der Waals surface area contributed by atoms with Crippen LogP contribution in [0.3, 0.4) is 0 Å². The van der Waals surface area contributed by atoms with Gasteiger partial charge in [0, 0.05) is 18.4 Å². The van der Waals surface area contributed by atoms with Crippen LogP contribution in [-0.4, -0.2) is 18.0 Å². The molecule has 0 aliphatic heterocycles. The first-order chi connectivity index (χ1) is 12.6. The fourth-order valence-corrected chi connectivity index (χ4v) is 2.55. The van der Waals surface area contributed by atoms with Crippen LogP contribution in [0, 0.1) is 6.92 Å². The van der Waals surface area contributed by atoms with Crippen LogP contribution in [0.5, 0.6) is 5.75 Å². The van der Waals surface area contributed by atoms with E-state index in [0.29, 0.717) is 12.1 Å². The van der Waals surface area contributed by atoms with Crippen molar-refractivity contribution in [3.8, 4) is 5.75 Å². The fraction of sp³-hybridized carbons (Fsp3) is 0.143. The van der Waals surface area contributed by atoms with Gasteiger partial charge in [-0.2, -0.15) is 0 Å². The summed E-state index contributed by atoms with van der Waals surface area (Å²) in [5.74, 6) is 0.625. The average Bonchev–Trinajstić information content (AvgIpc) is 2.67. The molecule has 0 unspecified atom stereocenters. The minimum atomic E-state index is -0.166. The van der Waals surface area contributed by atoms with E-state index in [4.69, 9.17) is 4.74 Å². The standard InChI is InChI=1S/C21H21N3O2/c1-15-4-3-5-18(10-15)24-19-11-17(13-22-14-19)21(25)23-12-16-6-8-20(26-2)9-7-16/h3-11,13-14,24H,12H2,1-2H3,(H,23,25). The third-order valence-electron chi connectivity index (χ3n) is 3.92. The van der Waals surface area contributed by atoms with E-state index in [1.807, 2.05) is 55.5 Å². The number of aromatic nitrogens is 1. The van der Waals surface area contributed by atoms with Crippen LogP contribution in [0.25, 0.3) is 0 Å². The largest absolute Gasteiger partial charge is 0.497 e. The molecule has 132 valence electrons. The van der Waals surface area contributed by atoms with Gasteiger partial charge in [0.25, 0.3) is 5.91 Å². The minimum absolute atomic E-state index is 0.166. The number of carbonyl (C=O) groups is 1. The average molecular weight is 347 g/mol. The maximum Gasteiger partial charge on any atom is 0.253 e. The first-order valence-electron chi connectivity index (χ1n) is 8.34. The summed E-state index contributed by atoms with van der Waals surface area (Å²) < 4.78 is 5.13. The van der Waals surface area contributed by atoms with Gasteiger partial charge in [0.15, 0.2) is 0 Å². The Kier molecular flexibility index (Phi) is 5.49. The van der Waals surface area contributed by atoms with E-state index < -0.39 is 0 Å². The van der Waals surface area contributed by atoms with Gasteiger partial charge in [0.1, 0.15) is 5.75 Å². The molecule has 1 heterocycles. The molecular weight excluding hydrogens is 326 g/mol. The number of pyridine rings is 1. The van der Waals surface area contributed by atoms with Gasteiger partial charge in [0.2, 0.25) is 0 Å². The van der Waals surface area contributed by atoms with E-state index in [0.717, 1.165) is 28.3 Å². The maximum atomic E-state index is 12.4. The van der Waals surface area contributed by atoms with Crippen LogP contribution in [0.2, 0.25) is 0 Å². The normalized spacial score (nSPS) is 10.2. The number of nitrogens with zero attached hydrogens (tertiary/aromatic N) is 1. The molecule has 1 aromatic heterocycles. The molecule has 2 aromatic carbocycles. The Hall–Kier alpha value is -3.34. The van der Waals surface area contributed by atoms with Gasteiger partial charge in [-0.1, -0.05) is 24.3 Å². The molecule has 0 bridgehead atoms. The molecule has 3 rings (SSSR count). The third-order valence-corrected chi connectivity index (χ3v) is 3.92. The van der Waals surface area contributed by atoms with E-state index in [-0.39, 0.29) is 5.91 Å². The molecule has 5 nitrogen and oxygen atoms in total. The second-order valence-corrected chi connectivity index (χ2v) is 5.99. The lowest BCUT2D eigenvalue weighted by atomic mass is 10.2. The predicted octanol–water partition coefficient (Wildman–Crippen LogP) is 4.07. The van der Waals surface area contributed by atoms with Gasteiger partial charge < -0.3 is 15.4 Å². The van der Waals surface area contributed by atoms with Gasteiger partial charge in [-0.3, -0.25) is 9.78 Å². The molecule has 0 aliphatic rings. The van der Waals surface area contributed by atoms with Gasteiger partial charge in [-0.05, 0) is 48.4 Å². The molecule has 5 heteroatoms. The molecule has 0 saturated carbocycles. The van der Waals surface area contributed by atoms with Crippen molar-refractivity contribution >= 4 is 17.3 Å². The number of amides is 1. The Morgan fingerprint density at radius 3 is 2.58 bits per heavy atom. The minimum Gasteiger partial charge on any atom is -0.497 e. The summed E-state index contributed by atoms with van der Waals surface area (Å²) in [6.45, 7) is 2.48. The predicted molar refractivity (Wildman–Crippen MR) is 103 cm³/mol. The Morgan fingerprint density at radius 2 is 1.85 bits per heavy atom. The number of hydrogen-bond acceptors (Lipinski definition) is 4. The van der Waals surface area contributed by atoms with E-state index in [9.17, 15) is 4.79 Å². The lowest BCUT2D eigenvalue weighted by Crippen LogP contribution is -2.23. The van der Waals surface area contributed by atoms with Crippen LogP contribution in [0.1, 0.15) is 21.5 Å². The molecule has 0 atom stereocenters. The van der Waals surface area contributed by atoms with Crippen molar-refractivity contribution in [1.29, 1.82) is 0 Å². The van der Waals surface area contributed by atoms with E-state index in [1.54, 1.807) is 25.6 Å². The van der Waals surface area contributed by atoms with Gasteiger partial charge in [0.05, 0.1) is 24.6 Å². The topological polar surface area (TPSA) is 63.2 Å². The molecule has 0 aliphatic carbocycles. The summed E-state index contributed by atoms with van der Waals surface area (Å²) in [4.78, 5) is 16.6. The quantitative estimate of drug-likeness (QED) is 0.705. The zero-order valence-electron chi connectivity index (χ0n) is 14.8. The Morgan fingerprint density at radius 1 is 1.04 bits per heavy atom. The monoisotopic (exact) mass is 347 g/mol. The second kappa shape index (κ2) is 8.16. The molecule has 0 fully saturated rings. The van der Waals surface area contributed by atoms with Crippen LogP contribution in [0.15, 0.2) is 67.0 Å². The van der Waals surface area contributed by atoms with Gasteiger partial charge >= 0.3 is 0 Å². The maximum absolute atomic E-state index is 12.4. The van der Waals surface area contributed by atoms with Crippen LogP contribution < -0.4 is 15.4 Å². The molecule has 0 spiro atoms.